The zero-order valence-electron chi connectivity index (χ0n) is 50.9. The lowest BCUT2D eigenvalue weighted by Crippen LogP contribution is -2.58. The number of alkyl carbamates (subject to hydrolysis) is 1. The number of carboxylic acid groups (broad SMARTS) is 1. The highest BCUT2D eigenvalue weighted by atomic mass is 16.6. The summed E-state index contributed by atoms with van der Waals surface area (Å²) in [6, 6.07) is 14.5. The average Bonchev–Trinajstić information content (AvgIpc) is 3.46. The van der Waals surface area contributed by atoms with Crippen LogP contribution in [0.2, 0.25) is 0 Å². The first-order valence-electron chi connectivity index (χ1n) is 29.4. The average molecular weight is 1230 g/mol. The summed E-state index contributed by atoms with van der Waals surface area (Å²) in [5, 5.41) is 40.6. The van der Waals surface area contributed by atoms with Crippen LogP contribution in [0.4, 0.5) is 4.79 Å². The van der Waals surface area contributed by atoms with Crippen molar-refractivity contribution in [3.8, 4) is 5.75 Å². The van der Waals surface area contributed by atoms with Crippen molar-refractivity contribution >= 4 is 76.2 Å². The van der Waals surface area contributed by atoms with Gasteiger partial charge in [0, 0.05) is 55.9 Å². The number of nitrogens with one attached hydrogen (secondary N) is 9. The number of carbonyl (C=O) groups is 11. The molecule has 4 rings (SSSR count). The van der Waals surface area contributed by atoms with Crippen LogP contribution >= 0.6 is 0 Å². The number of carboxylic acids is 1. The van der Waals surface area contributed by atoms with Crippen molar-refractivity contribution in [3.05, 3.63) is 102 Å². The predicted molar refractivity (Wildman–Crippen MR) is 325 cm³/mol. The number of phenols is 1. The molecule has 9 amide bonds. The number of benzene rings is 3. The molecule has 26 nitrogen and oxygen atoms in total. The van der Waals surface area contributed by atoms with Gasteiger partial charge in [-0.15, -0.1) is 0 Å². The Kier molecular flexibility index (Phi) is 28.8. The van der Waals surface area contributed by atoms with Gasteiger partial charge in [0.05, 0.1) is 12.5 Å². The molecule has 0 saturated heterocycles. The van der Waals surface area contributed by atoms with Crippen LogP contribution in [0.3, 0.4) is 0 Å². The number of primary amides is 1. The number of fused-ring (bicyclic) bond motifs is 1. The quantitative estimate of drug-likeness (QED) is 0.0230. The molecular formula is C62H87N11O15. The van der Waals surface area contributed by atoms with Crippen LogP contribution in [0.1, 0.15) is 129 Å². The van der Waals surface area contributed by atoms with Gasteiger partial charge in [-0.05, 0) is 134 Å². The molecule has 1 heterocycles. The fourth-order valence-corrected chi connectivity index (χ4v) is 9.06. The summed E-state index contributed by atoms with van der Waals surface area (Å²) in [6.07, 6.45) is 2.64. The molecule has 0 unspecified atom stereocenters. The number of rotatable bonds is 36. The lowest BCUT2D eigenvalue weighted by Gasteiger charge is -2.26. The first kappa shape index (κ1) is 71.4. The molecule has 0 aliphatic heterocycles. The molecule has 0 saturated carbocycles. The number of carbonyl (C=O) groups excluding carboxylic acids is 10. The third kappa shape index (κ3) is 27.5. The minimum Gasteiger partial charge on any atom is -0.508 e. The molecule has 15 N–H and O–H groups in total. The number of nitrogens with two attached hydrogens (primary N) is 2. The molecule has 4 aromatic rings. The Labute approximate surface area is 511 Å². The first-order chi connectivity index (χ1) is 41.5. The maximum Gasteiger partial charge on any atom is 0.408 e. The Bertz CT molecular complexity index is 3000. The fraction of sp³-hybridized carbons (Fsp3) is 0.500. The van der Waals surface area contributed by atoms with Crippen LogP contribution in [0.25, 0.3) is 10.9 Å². The van der Waals surface area contributed by atoms with Crippen molar-refractivity contribution < 1.29 is 72.4 Å². The van der Waals surface area contributed by atoms with Crippen molar-refractivity contribution in [2.45, 2.75) is 179 Å². The second-order valence-electron chi connectivity index (χ2n) is 23.4. The van der Waals surface area contributed by atoms with Gasteiger partial charge in [-0.2, -0.15) is 0 Å². The summed E-state index contributed by atoms with van der Waals surface area (Å²) >= 11 is 0. The van der Waals surface area contributed by atoms with Gasteiger partial charge in [0.15, 0.2) is 0 Å². The third-order valence-corrected chi connectivity index (χ3v) is 13.4. The highest BCUT2D eigenvalue weighted by Gasteiger charge is 2.34. The number of aromatic hydroxyl groups is 1. The number of ether oxygens (including phenoxy) is 2. The van der Waals surface area contributed by atoms with E-state index in [1.165, 1.54) is 12.1 Å². The summed E-state index contributed by atoms with van der Waals surface area (Å²) in [5.74, 6) is -7.50. The van der Waals surface area contributed by atoms with Crippen LogP contribution in [-0.4, -0.2) is 148 Å². The summed E-state index contributed by atoms with van der Waals surface area (Å²) in [4.78, 5) is 147. The van der Waals surface area contributed by atoms with Crippen molar-refractivity contribution in [2.75, 3.05) is 19.6 Å². The van der Waals surface area contributed by atoms with E-state index in [4.69, 9.17) is 20.9 Å². The number of esters is 1. The monoisotopic (exact) mass is 1230 g/mol. The molecule has 26 heteroatoms. The van der Waals surface area contributed by atoms with Gasteiger partial charge < -0.3 is 78.7 Å². The molecule has 0 fully saturated rings. The van der Waals surface area contributed by atoms with E-state index in [2.05, 4.69) is 47.5 Å². The number of aromatic nitrogens is 1. The van der Waals surface area contributed by atoms with Crippen molar-refractivity contribution in [1.82, 2.24) is 47.5 Å². The third-order valence-electron chi connectivity index (χ3n) is 13.4. The summed E-state index contributed by atoms with van der Waals surface area (Å²) < 4.78 is 10.8. The molecule has 0 bridgehead atoms. The largest absolute Gasteiger partial charge is 0.508 e. The molecule has 480 valence electrons. The number of aliphatic carboxylic acids is 1. The highest BCUT2D eigenvalue weighted by molar-refractivity contribution is 5.97. The van der Waals surface area contributed by atoms with E-state index in [1.807, 2.05) is 24.3 Å². The standard InChI is InChI=1S/C62H87N11O15/c1-61(2,3)87-53(79)35-49(59(85)71-47(54(64)80)32-38-18-8-7-9-19-38)72-57(83)46(69-55(81)43(63)34-40-36-67-44-21-11-10-20-42(40)44)23-15-17-31-66-51(76)25-13-12-24-50(75)65-30-16-14-22-45(56(82)68-37-52(77)78)70-58(84)48(73-60(86)88-62(4,5)6)33-39-26-28-41(74)29-27-39/h7-11,18-21,26-29,36,43,45-49,67,74H,12-17,22-25,30-35,37,63H2,1-6H3,(H2,64,80)(H,65,75)(H,66,76)(H,68,82)(H,69,81)(H,70,84)(H,71,85)(H,72,83)(H,73,86)(H,77,78)/t43-,45-,46-,47-,48-,49-/m0/s1. The second-order valence-corrected chi connectivity index (χ2v) is 23.4. The Hall–Kier alpha value is -9.07. The maximum atomic E-state index is 14.2. The minimum absolute atomic E-state index is 0.0128. The van der Waals surface area contributed by atoms with E-state index < -0.39 is 114 Å². The smallest absolute Gasteiger partial charge is 0.408 e. The second kappa shape index (κ2) is 35.5. The normalized spacial score (nSPS) is 13.4. The molecular weight excluding hydrogens is 1140 g/mol. The maximum absolute atomic E-state index is 14.2. The number of phenolic OH excluding ortho intramolecular Hbond substituents is 1. The first-order valence-corrected chi connectivity index (χ1v) is 29.4. The summed E-state index contributed by atoms with van der Waals surface area (Å²) in [7, 11) is 0. The number of para-hydroxylation sites is 1. The SMILES string of the molecule is CC(C)(C)OC(=O)C[C@H](NC(=O)[C@H](CCCCNC(=O)CCCCC(=O)NCCCC[C@H](NC(=O)[C@H](Cc1ccc(O)cc1)NC(=O)OC(C)(C)C)C(=O)NCC(=O)O)NC(=O)[C@@H](N)Cc1c[nH]c2ccccc12)C(=O)N[C@@H](Cc1ccccc1)C(N)=O. The number of hydrogen-bond donors (Lipinski definition) is 13. The summed E-state index contributed by atoms with van der Waals surface area (Å²) in [5.41, 5.74) is 13.1. The van der Waals surface area contributed by atoms with Gasteiger partial charge in [-0.1, -0.05) is 60.7 Å². The Morgan fingerprint density at radius 2 is 1.03 bits per heavy atom. The number of aromatic amines is 1. The molecule has 6 atom stereocenters. The Morgan fingerprint density at radius 1 is 0.534 bits per heavy atom. The zero-order chi connectivity index (χ0) is 65.0. The molecule has 1 aromatic heterocycles. The minimum atomic E-state index is -1.57. The van der Waals surface area contributed by atoms with Gasteiger partial charge in [0.25, 0.3) is 0 Å². The van der Waals surface area contributed by atoms with E-state index in [1.54, 1.807) is 90.2 Å². The van der Waals surface area contributed by atoms with Crippen molar-refractivity contribution in [2.24, 2.45) is 11.5 Å². The lowest BCUT2D eigenvalue weighted by molar-refractivity contribution is -0.156. The van der Waals surface area contributed by atoms with E-state index >= 15 is 0 Å². The molecule has 88 heavy (non-hydrogen) atoms. The number of unbranched alkanes of at least 4 members (excludes halogenated alkanes) is 3. The highest BCUT2D eigenvalue weighted by Crippen LogP contribution is 2.20. The lowest BCUT2D eigenvalue weighted by atomic mass is 10.0. The zero-order valence-corrected chi connectivity index (χ0v) is 50.9. The van der Waals surface area contributed by atoms with Crippen molar-refractivity contribution in [3.63, 3.8) is 0 Å². The Morgan fingerprint density at radius 3 is 1.61 bits per heavy atom. The number of H-pyrrole nitrogens is 1. The van der Waals surface area contributed by atoms with Crippen LogP contribution < -0.4 is 54.0 Å². The van der Waals surface area contributed by atoms with E-state index in [-0.39, 0.29) is 82.0 Å². The van der Waals surface area contributed by atoms with E-state index in [9.17, 15) is 63.0 Å². The van der Waals surface area contributed by atoms with Crippen molar-refractivity contribution in [1.29, 1.82) is 0 Å². The van der Waals surface area contributed by atoms with Gasteiger partial charge in [0.1, 0.15) is 53.7 Å². The van der Waals surface area contributed by atoms with Crippen LogP contribution in [0, 0.1) is 0 Å². The predicted octanol–water partition coefficient (Wildman–Crippen LogP) is 2.61. The fourth-order valence-electron chi connectivity index (χ4n) is 9.06. The molecule has 0 aliphatic rings. The molecule has 0 radical (unpaired) electrons. The van der Waals surface area contributed by atoms with Gasteiger partial charge in [0.2, 0.25) is 47.3 Å². The number of amides is 9. The van der Waals surface area contributed by atoms with Crippen LogP contribution in [0.5, 0.6) is 5.75 Å². The molecule has 3 aromatic carbocycles. The molecule has 0 aliphatic carbocycles. The summed E-state index contributed by atoms with van der Waals surface area (Å²) in [6.45, 7) is 9.52. The van der Waals surface area contributed by atoms with Gasteiger partial charge >= 0.3 is 18.0 Å². The Balaban J connectivity index is 1.28. The van der Waals surface area contributed by atoms with E-state index in [0.717, 1.165) is 16.5 Å². The topological polar surface area (TPSA) is 411 Å². The van der Waals surface area contributed by atoms with Crippen LogP contribution in [-0.2, 0) is 76.7 Å². The van der Waals surface area contributed by atoms with Gasteiger partial charge in [-0.3, -0.25) is 47.9 Å². The van der Waals surface area contributed by atoms with Crippen LogP contribution in [0.15, 0.2) is 85.1 Å². The number of hydrogen-bond acceptors (Lipinski definition) is 15. The van der Waals surface area contributed by atoms with Gasteiger partial charge in [-0.25, -0.2) is 4.79 Å². The molecule has 0 spiro atoms. The van der Waals surface area contributed by atoms with E-state index in [0.29, 0.717) is 43.2 Å².